The van der Waals surface area contributed by atoms with Gasteiger partial charge in [-0.1, -0.05) is 36.4 Å². The van der Waals surface area contributed by atoms with Gasteiger partial charge in [0.25, 0.3) is 0 Å². The highest BCUT2D eigenvalue weighted by atomic mass is 79.9. The smallest absolute Gasteiger partial charge is 0.134 e. The Morgan fingerprint density at radius 1 is 0.913 bits per heavy atom. The molecule has 0 saturated heterocycles. The molecule has 0 amide bonds. The van der Waals surface area contributed by atoms with Crippen molar-refractivity contribution < 1.29 is 9.84 Å². The van der Waals surface area contributed by atoms with Gasteiger partial charge < -0.3 is 20.5 Å². The monoisotopic (exact) mass is 378 g/mol. The van der Waals surface area contributed by atoms with Crippen molar-refractivity contribution >= 4 is 15.9 Å². The van der Waals surface area contributed by atoms with E-state index >= 15 is 0 Å². The molecule has 0 aliphatic rings. The zero-order chi connectivity index (χ0) is 16.3. The predicted octanol–water partition coefficient (Wildman–Crippen LogP) is 2.70. The van der Waals surface area contributed by atoms with E-state index in [1.54, 1.807) is 0 Å². The molecular weight excluding hydrogens is 356 g/mol. The lowest BCUT2D eigenvalue weighted by atomic mass is 10.2. The Hall–Kier alpha value is -1.40. The molecule has 0 unspecified atom stereocenters. The lowest BCUT2D eigenvalue weighted by Gasteiger charge is -2.11. The van der Waals surface area contributed by atoms with Gasteiger partial charge in [0.2, 0.25) is 0 Å². The van der Waals surface area contributed by atoms with E-state index in [9.17, 15) is 0 Å². The van der Waals surface area contributed by atoms with Crippen LogP contribution >= 0.6 is 15.9 Å². The van der Waals surface area contributed by atoms with Crippen molar-refractivity contribution in [1.29, 1.82) is 0 Å². The molecular formula is C18H23BrN2O2. The summed E-state index contributed by atoms with van der Waals surface area (Å²) < 4.78 is 6.81. The lowest BCUT2D eigenvalue weighted by Crippen LogP contribution is -2.28. The summed E-state index contributed by atoms with van der Waals surface area (Å²) in [4.78, 5) is 0. The zero-order valence-corrected chi connectivity index (χ0v) is 14.7. The molecule has 0 atom stereocenters. The number of rotatable bonds is 10. The van der Waals surface area contributed by atoms with Crippen molar-refractivity contribution in [1.82, 2.24) is 10.6 Å². The SMILES string of the molecule is OCCNCCNCc1ccc(OCc2ccccc2)c(Br)c1. The van der Waals surface area contributed by atoms with Crippen molar-refractivity contribution in [3.05, 3.63) is 64.1 Å². The van der Waals surface area contributed by atoms with Crippen LogP contribution in [0, 0.1) is 0 Å². The number of nitrogens with one attached hydrogen (secondary N) is 2. The van der Waals surface area contributed by atoms with Crippen molar-refractivity contribution in [2.45, 2.75) is 13.2 Å². The van der Waals surface area contributed by atoms with E-state index in [4.69, 9.17) is 9.84 Å². The maximum absolute atomic E-state index is 8.67. The van der Waals surface area contributed by atoms with Gasteiger partial charge in [0.05, 0.1) is 11.1 Å². The highest BCUT2D eigenvalue weighted by Crippen LogP contribution is 2.26. The Labute approximate surface area is 146 Å². The Kier molecular flexibility index (Phi) is 8.11. The molecule has 2 rings (SSSR count). The third-order valence-electron chi connectivity index (χ3n) is 3.33. The summed E-state index contributed by atoms with van der Waals surface area (Å²) in [7, 11) is 0. The van der Waals surface area contributed by atoms with Crippen LogP contribution in [0.1, 0.15) is 11.1 Å². The molecule has 0 fully saturated rings. The molecule has 5 heteroatoms. The minimum atomic E-state index is 0.178. The van der Waals surface area contributed by atoms with Gasteiger partial charge in [-0.2, -0.15) is 0 Å². The second-order valence-electron chi connectivity index (χ2n) is 5.19. The molecule has 3 N–H and O–H groups in total. The van der Waals surface area contributed by atoms with Crippen LogP contribution in [0.25, 0.3) is 0 Å². The Balaban J connectivity index is 1.76. The first-order valence-corrected chi connectivity index (χ1v) is 8.56. The van der Waals surface area contributed by atoms with Gasteiger partial charge in [-0.3, -0.25) is 0 Å². The summed E-state index contributed by atoms with van der Waals surface area (Å²) >= 11 is 3.57. The lowest BCUT2D eigenvalue weighted by molar-refractivity contribution is 0.292. The predicted molar refractivity (Wildman–Crippen MR) is 96.6 cm³/mol. The fraction of sp³-hybridized carbons (Fsp3) is 0.333. The number of hydrogen-bond donors (Lipinski definition) is 3. The molecule has 23 heavy (non-hydrogen) atoms. The molecule has 0 radical (unpaired) electrons. The first-order chi connectivity index (χ1) is 11.3. The number of benzene rings is 2. The summed E-state index contributed by atoms with van der Waals surface area (Å²) in [5.41, 5.74) is 2.35. The third kappa shape index (κ3) is 6.71. The average Bonchev–Trinajstić information content (AvgIpc) is 2.58. The number of aliphatic hydroxyl groups excluding tert-OH is 1. The first-order valence-electron chi connectivity index (χ1n) is 7.77. The van der Waals surface area contributed by atoms with Crippen LogP contribution in [0.3, 0.4) is 0 Å². The molecule has 124 valence electrons. The fourth-order valence-electron chi connectivity index (χ4n) is 2.12. The molecule has 0 saturated carbocycles. The first kappa shape index (κ1) is 17.9. The largest absolute Gasteiger partial charge is 0.488 e. The second-order valence-corrected chi connectivity index (χ2v) is 6.04. The van der Waals surface area contributed by atoms with Crippen LogP contribution in [0.5, 0.6) is 5.75 Å². The molecule has 0 heterocycles. The number of aliphatic hydroxyl groups is 1. The number of halogens is 1. The highest BCUT2D eigenvalue weighted by molar-refractivity contribution is 9.10. The summed E-state index contributed by atoms with van der Waals surface area (Å²) in [5.74, 6) is 0.849. The minimum Gasteiger partial charge on any atom is -0.488 e. The van der Waals surface area contributed by atoms with E-state index in [2.05, 4.69) is 50.8 Å². The standard InChI is InChI=1S/C18H23BrN2O2/c19-17-12-16(13-21-9-8-20-10-11-22)6-7-18(17)23-14-15-4-2-1-3-5-15/h1-7,12,20-22H,8-11,13-14H2. The van der Waals surface area contributed by atoms with Gasteiger partial charge in [0.15, 0.2) is 0 Å². The molecule has 2 aromatic rings. The molecule has 2 aromatic carbocycles. The Morgan fingerprint density at radius 2 is 1.70 bits per heavy atom. The van der Waals surface area contributed by atoms with Crippen LogP contribution in [0.15, 0.2) is 53.0 Å². The minimum absolute atomic E-state index is 0.178. The summed E-state index contributed by atoms with van der Waals surface area (Å²) in [6.45, 7) is 3.90. The fourth-order valence-corrected chi connectivity index (χ4v) is 2.66. The van der Waals surface area contributed by atoms with Gasteiger partial charge in [0, 0.05) is 26.2 Å². The summed E-state index contributed by atoms with van der Waals surface area (Å²) in [5, 5.41) is 15.2. The normalized spacial score (nSPS) is 10.7. The van der Waals surface area contributed by atoms with Gasteiger partial charge >= 0.3 is 0 Å². The molecule has 0 aliphatic heterocycles. The van der Waals surface area contributed by atoms with E-state index in [0.717, 1.165) is 35.4 Å². The molecule has 0 bridgehead atoms. The Bertz CT molecular complexity index is 578. The van der Waals surface area contributed by atoms with Crippen LogP contribution in [0.4, 0.5) is 0 Å². The van der Waals surface area contributed by atoms with Crippen LogP contribution in [0.2, 0.25) is 0 Å². The highest BCUT2D eigenvalue weighted by Gasteiger charge is 2.03. The van der Waals surface area contributed by atoms with E-state index in [-0.39, 0.29) is 6.61 Å². The molecule has 0 aromatic heterocycles. The molecule has 0 aliphatic carbocycles. The van der Waals surface area contributed by atoms with E-state index in [1.165, 1.54) is 5.56 Å². The average molecular weight is 379 g/mol. The van der Waals surface area contributed by atoms with E-state index < -0.39 is 0 Å². The topological polar surface area (TPSA) is 53.5 Å². The Morgan fingerprint density at radius 3 is 2.43 bits per heavy atom. The number of ether oxygens (including phenoxy) is 1. The molecule has 4 nitrogen and oxygen atoms in total. The van der Waals surface area contributed by atoms with Crippen molar-refractivity contribution in [3.8, 4) is 5.75 Å². The van der Waals surface area contributed by atoms with Crippen LogP contribution < -0.4 is 15.4 Å². The quantitative estimate of drug-likeness (QED) is 0.556. The maximum atomic E-state index is 8.67. The molecule has 0 spiro atoms. The summed E-state index contributed by atoms with van der Waals surface area (Å²) in [6, 6.07) is 16.3. The van der Waals surface area contributed by atoms with Gasteiger partial charge in [-0.15, -0.1) is 0 Å². The second kappa shape index (κ2) is 10.4. The summed E-state index contributed by atoms with van der Waals surface area (Å²) in [6.07, 6.45) is 0. The maximum Gasteiger partial charge on any atom is 0.134 e. The van der Waals surface area contributed by atoms with E-state index in [0.29, 0.717) is 13.2 Å². The van der Waals surface area contributed by atoms with Crippen molar-refractivity contribution in [2.75, 3.05) is 26.2 Å². The van der Waals surface area contributed by atoms with Crippen LogP contribution in [-0.4, -0.2) is 31.3 Å². The van der Waals surface area contributed by atoms with Crippen molar-refractivity contribution in [3.63, 3.8) is 0 Å². The third-order valence-corrected chi connectivity index (χ3v) is 3.95. The van der Waals surface area contributed by atoms with Crippen molar-refractivity contribution in [2.24, 2.45) is 0 Å². The van der Waals surface area contributed by atoms with Gasteiger partial charge in [-0.05, 0) is 39.2 Å². The van der Waals surface area contributed by atoms with Gasteiger partial charge in [-0.25, -0.2) is 0 Å². The van der Waals surface area contributed by atoms with E-state index in [1.807, 2.05) is 24.3 Å². The van der Waals surface area contributed by atoms with Crippen LogP contribution in [-0.2, 0) is 13.2 Å². The number of hydrogen-bond acceptors (Lipinski definition) is 4. The van der Waals surface area contributed by atoms with Gasteiger partial charge in [0.1, 0.15) is 12.4 Å². The zero-order valence-electron chi connectivity index (χ0n) is 13.1.